The maximum atomic E-state index is 9.60. The van der Waals surface area contributed by atoms with E-state index in [0.29, 0.717) is 0 Å². The molecule has 0 aliphatic carbocycles. The zero-order valence-electron chi connectivity index (χ0n) is 13.9. The standard InChI is InChI=1S/C21H17N2Se/c1-13-7-9-15-16-10-8-14(2)19(18-6-4-5-11-23(18)3)21(16)24-20(15)17(13)12-22/h4-11H,1-3H3/q+1. The summed E-state index contributed by atoms with van der Waals surface area (Å²) in [5.41, 5.74) is 5.80. The Morgan fingerprint density at radius 3 is 2.33 bits per heavy atom. The van der Waals surface area contributed by atoms with Crippen LogP contribution in [0.3, 0.4) is 0 Å². The van der Waals surface area contributed by atoms with Crippen LogP contribution >= 0.6 is 0 Å². The molecule has 0 radical (unpaired) electrons. The number of hydrogen-bond acceptors (Lipinski definition) is 1. The summed E-state index contributed by atoms with van der Waals surface area (Å²) >= 11 is 0.159. The van der Waals surface area contributed by atoms with Gasteiger partial charge in [-0.15, -0.1) is 0 Å². The van der Waals surface area contributed by atoms with E-state index in [4.69, 9.17) is 0 Å². The molecule has 0 saturated carbocycles. The number of pyridine rings is 1. The Hall–Kier alpha value is -2.40. The molecule has 4 rings (SSSR count). The second kappa shape index (κ2) is 5.60. The average molecular weight is 376 g/mol. The summed E-state index contributed by atoms with van der Waals surface area (Å²) in [5, 5.41) is 12.1. The summed E-state index contributed by atoms with van der Waals surface area (Å²) in [6.45, 7) is 4.21. The molecular weight excluding hydrogens is 359 g/mol. The molecule has 2 heterocycles. The monoisotopic (exact) mass is 377 g/mol. The SMILES string of the molecule is Cc1ccc2c([se]c3c(-c4cccc[n+]4C)c(C)ccc32)c1C#N. The van der Waals surface area contributed by atoms with Crippen molar-refractivity contribution in [3.63, 3.8) is 0 Å². The quantitative estimate of drug-likeness (QED) is 0.364. The van der Waals surface area contributed by atoms with E-state index in [1.165, 1.54) is 36.1 Å². The van der Waals surface area contributed by atoms with Gasteiger partial charge in [-0.3, -0.25) is 0 Å². The average Bonchev–Trinajstić information content (AvgIpc) is 2.94. The van der Waals surface area contributed by atoms with Gasteiger partial charge in [0.05, 0.1) is 0 Å². The fourth-order valence-electron chi connectivity index (χ4n) is 3.34. The third-order valence-corrected chi connectivity index (χ3v) is 7.29. The molecule has 0 fully saturated rings. The zero-order valence-corrected chi connectivity index (χ0v) is 15.6. The third-order valence-electron chi connectivity index (χ3n) is 4.65. The summed E-state index contributed by atoms with van der Waals surface area (Å²) < 4.78 is 4.82. The summed E-state index contributed by atoms with van der Waals surface area (Å²) in [7, 11) is 2.09. The van der Waals surface area contributed by atoms with Crippen molar-refractivity contribution in [3.05, 3.63) is 65.4 Å². The molecule has 24 heavy (non-hydrogen) atoms. The van der Waals surface area contributed by atoms with Gasteiger partial charge < -0.3 is 0 Å². The summed E-state index contributed by atoms with van der Waals surface area (Å²) in [5.74, 6) is 0. The van der Waals surface area contributed by atoms with E-state index >= 15 is 0 Å². The molecule has 3 heteroatoms. The number of fused-ring (bicyclic) bond motifs is 3. The van der Waals surface area contributed by atoms with Crippen LogP contribution in [-0.4, -0.2) is 14.5 Å². The van der Waals surface area contributed by atoms with Crippen molar-refractivity contribution in [1.82, 2.24) is 0 Å². The summed E-state index contributed by atoms with van der Waals surface area (Å²) in [6, 6.07) is 17.4. The number of rotatable bonds is 1. The van der Waals surface area contributed by atoms with Crippen LogP contribution in [0.2, 0.25) is 0 Å². The summed E-state index contributed by atoms with van der Waals surface area (Å²) in [4.78, 5) is 0. The Kier molecular flexibility index (Phi) is 3.53. The van der Waals surface area contributed by atoms with Gasteiger partial charge in [0.25, 0.3) is 0 Å². The molecule has 0 spiro atoms. The first-order valence-corrected chi connectivity index (χ1v) is 9.63. The predicted molar refractivity (Wildman–Crippen MR) is 99.2 cm³/mol. The fourth-order valence-corrected chi connectivity index (χ4v) is 6.40. The van der Waals surface area contributed by atoms with Gasteiger partial charge in [0, 0.05) is 0 Å². The Bertz CT molecular complexity index is 1150. The number of aryl methyl sites for hydroxylation is 3. The molecule has 0 atom stereocenters. The maximum absolute atomic E-state index is 9.60. The van der Waals surface area contributed by atoms with E-state index in [0.717, 1.165) is 11.1 Å². The molecule has 0 aliphatic rings. The van der Waals surface area contributed by atoms with Crippen LogP contribution in [0.1, 0.15) is 16.7 Å². The zero-order chi connectivity index (χ0) is 16.8. The normalized spacial score (nSPS) is 11.1. The molecule has 2 nitrogen and oxygen atoms in total. The van der Waals surface area contributed by atoms with Gasteiger partial charge in [-0.1, -0.05) is 0 Å². The van der Waals surface area contributed by atoms with Gasteiger partial charge in [-0.05, 0) is 0 Å². The second-order valence-corrected chi connectivity index (χ2v) is 8.32. The van der Waals surface area contributed by atoms with Gasteiger partial charge in [0.15, 0.2) is 0 Å². The van der Waals surface area contributed by atoms with Crippen LogP contribution in [0.4, 0.5) is 0 Å². The van der Waals surface area contributed by atoms with Crippen LogP contribution in [0.25, 0.3) is 30.6 Å². The molecule has 0 aliphatic heterocycles. The van der Waals surface area contributed by atoms with Crippen molar-refractivity contribution in [1.29, 1.82) is 5.26 Å². The van der Waals surface area contributed by atoms with E-state index in [-0.39, 0.29) is 14.5 Å². The molecular formula is C21H17N2Se+. The fraction of sp³-hybridized carbons (Fsp3) is 0.143. The molecule has 2 aromatic heterocycles. The minimum atomic E-state index is 0.159. The predicted octanol–water partition coefficient (Wildman–Crippen LogP) is 4.03. The Morgan fingerprint density at radius 2 is 1.62 bits per heavy atom. The number of nitriles is 1. The van der Waals surface area contributed by atoms with Crippen molar-refractivity contribution in [2.75, 3.05) is 0 Å². The van der Waals surface area contributed by atoms with Crippen LogP contribution in [0.15, 0.2) is 48.7 Å². The Morgan fingerprint density at radius 1 is 0.917 bits per heavy atom. The first-order valence-electron chi connectivity index (χ1n) is 7.92. The van der Waals surface area contributed by atoms with Crippen molar-refractivity contribution in [2.45, 2.75) is 13.8 Å². The van der Waals surface area contributed by atoms with Gasteiger partial charge >= 0.3 is 147 Å². The molecule has 0 bridgehead atoms. The topological polar surface area (TPSA) is 27.7 Å². The molecule has 0 saturated heterocycles. The Balaban J connectivity index is 2.20. The van der Waals surface area contributed by atoms with E-state index in [2.05, 4.69) is 73.3 Å². The van der Waals surface area contributed by atoms with Gasteiger partial charge in [-0.25, -0.2) is 0 Å². The van der Waals surface area contributed by atoms with E-state index in [9.17, 15) is 5.26 Å². The van der Waals surface area contributed by atoms with Crippen molar-refractivity contribution in [3.8, 4) is 17.3 Å². The number of hydrogen-bond donors (Lipinski definition) is 0. The van der Waals surface area contributed by atoms with Gasteiger partial charge in [-0.2, -0.15) is 0 Å². The van der Waals surface area contributed by atoms with Crippen molar-refractivity contribution < 1.29 is 4.57 Å². The molecule has 2 aromatic carbocycles. The van der Waals surface area contributed by atoms with E-state index in [1.807, 2.05) is 6.92 Å². The second-order valence-electron chi connectivity index (χ2n) is 6.18. The minimum absolute atomic E-state index is 0.159. The van der Waals surface area contributed by atoms with E-state index < -0.39 is 0 Å². The van der Waals surface area contributed by atoms with Gasteiger partial charge in [0.1, 0.15) is 0 Å². The number of nitrogens with zero attached hydrogens (tertiary/aromatic N) is 2. The van der Waals surface area contributed by atoms with Crippen LogP contribution in [0.5, 0.6) is 0 Å². The number of benzene rings is 2. The first kappa shape index (κ1) is 15.1. The van der Waals surface area contributed by atoms with Crippen LogP contribution < -0.4 is 4.57 Å². The van der Waals surface area contributed by atoms with E-state index in [1.54, 1.807) is 0 Å². The first-order chi connectivity index (χ1) is 11.6. The van der Waals surface area contributed by atoms with Gasteiger partial charge in [0.2, 0.25) is 0 Å². The Labute approximate surface area is 147 Å². The molecule has 116 valence electrons. The van der Waals surface area contributed by atoms with Crippen LogP contribution in [0, 0.1) is 25.2 Å². The van der Waals surface area contributed by atoms with Crippen LogP contribution in [-0.2, 0) is 7.05 Å². The number of aromatic nitrogens is 1. The van der Waals surface area contributed by atoms with Crippen molar-refractivity contribution in [2.24, 2.45) is 7.05 Å². The molecule has 0 amide bonds. The molecule has 4 aromatic rings. The molecule has 0 unspecified atom stereocenters. The summed E-state index contributed by atoms with van der Waals surface area (Å²) in [6.07, 6.45) is 2.09. The van der Waals surface area contributed by atoms with Crippen molar-refractivity contribution >= 4 is 33.8 Å². The molecule has 0 N–H and O–H groups in total. The third kappa shape index (κ3) is 2.12.